The van der Waals surface area contributed by atoms with Crippen molar-refractivity contribution in [2.24, 2.45) is 11.5 Å². The summed E-state index contributed by atoms with van der Waals surface area (Å²) in [6.45, 7) is 2.19. The van der Waals surface area contributed by atoms with E-state index in [2.05, 4.69) is 0 Å². The number of rotatable bonds is 3. The van der Waals surface area contributed by atoms with Crippen LogP contribution in [0.1, 0.15) is 27.5 Å². The largest absolute Gasteiger partial charge is 0.478 e. The van der Waals surface area contributed by atoms with Crippen LogP contribution in [0.5, 0.6) is 0 Å². The molecule has 0 spiro atoms. The molecule has 1 aromatic rings. The fourth-order valence-electron chi connectivity index (χ4n) is 1.35. The standard InChI is InChI=1S/C10H14N2O2/c1-6-4-7(10(13)14)2-3-8(6)9(12)5-11/h2-4,9H,5,11-12H2,1H3,(H,13,14)/t9-/m1/s1. The fourth-order valence-corrected chi connectivity index (χ4v) is 1.35. The van der Waals surface area contributed by atoms with E-state index < -0.39 is 5.97 Å². The minimum atomic E-state index is -0.930. The number of nitrogens with two attached hydrogens (primary N) is 2. The quantitative estimate of drug-likeness (QED) is 0.659. The van der Waals surface area contributed by atoms with Gasteiger partial charge < -0.3 is 16.6 Å². The molecule has 0 fully saturated rings. The highest BCUT2D eigenvalue weighted by Gasteiger charge is 2.09. The smallest absolute Gasteiger partial charge is 0.335 e. The molecule has 4 heteroatoms. The Bertz CT molecular complexity index is 350. The molecule has 0 aromatic heterocycles. The van der Waals surface area contributed by atoms with Gasteiger partial charge in [0.2, 0.25) is 0 Å². The average Bonchev–Trinajstić information content (AvgIpc) is 2.16. The van der Waals surface area contributed by atoms with Crippen molar-refractivity contribution in [3.63, 3.8) is 0 Å². The van der Waals surface area contributed by atoms with Crippen LogP contribution in [-0.4, -0.2) is 17.6 Å². The van der Waals surface area contributed by atoms with Gasteiger partial charge in [-0.15, -0.1) is 0 Å². The molecule has 0 aliphatic rings. The van der Waals surface area contributed by atoms with E-state index in [9.17, 15) is 4.79 Å². The Kier molecular flexibility index (Phi) is 3.22. The minimum Gasteiger partial charge on any atom is -0.478 e. The van der Waals surface area contributed by atoms with Gasteiger partial charge in [0.05, 0.1) is 5.56 Å². The Balaban J connectivity index is 3.07. The van der Waals surface area contributed by atoms with Crippen molar-refractivity contribution >= 4 is 5.97 Å². The zero-order chi connectivity index (χ0) is 10.7. The van der Waals surface area contributed by atoms with Gasteiger partial charge in [0.25, 0.3) is 0 Å². The molecule has 0 aliphatic carbocycles. The van der Waals surface area contributed by atoms with Crippen molar-refractivity contribution in [3.05, 3.63) is 34.9 Å². The molecule has 0 aliphatic heterocycles. The Morgan fingerprint density at radius 3 is 2.64 bits per heavy atom. The SMILES string of the molecule is Cc1cc(C(=O)O)ccc1[C@H](N)CN. The van der Waals surface area contributed by atoms with Crippen LogP contribution in [0, 0.1) is 6.92 Å². The van der Waals surface area contributed by atoms with Crippen molar-refractivity contribution in [1.29, 1.82) is 0 Å². The van der Waals surface area contributed by atoms with Gasteiger partial charge in [0.1, 0.15) is 0 Å². The second-order valence-corrected chi connectivity index (χ2v) is 3.22. The maximum Gasteiger partial charge on any atom is 0.335 e. The minimum absolute atomic E-state index is 0.224. The zero-order valence-corrected chi connectivity index (χ0v) is 8.03. The van der Waals surface area contributed by atoms with E-state index in [1.807, 2.05) is 6.92 Å². The first-order valence-corrected chi connectivity index (χ1v) is 4.35. The molecule has 0 saturated carbocycles. The van der Waals surface area contributed by atoms with Crippen LogP contribution in [-0.2, 0) is 0 Å². The lowest BCUT2D eigenvalue weighted by Crippen LogP contribution is -2.21. The average molecular weight is 194 g/mol. The number of aryl methyl sites for hydroxylation is 1. The van der Waals surface area contributed by atoms with E-state index in [4.69, 9.17) is 16.6 Å². The zero-order valence-electron chi connectivity index (χ0n) is 8.03. The molecular weight excluding hydrogens is 180 g/mol. The molecule has 0 saturated heterocycles. The Hall–Kier alpha value is -1.39. The van der Waals surface area contributed by atoms with Gasteiger partial charge in [-0.05, 0) is 30.2 Å². The second kappa shape index (κ2) is 4.21. The van der Waals surface area contributed by atoms with Gasteiger partial charge >= 0.3 is 5.97 Å². The van der Waals surface area contributed by atoms with Crippen LogP contribution in [0.15, 0.2) is 18.2 Å². The third kappa shape index (κ3) is 2.10. The van der Waals surface area contributed by atoms with Crippen molar-refractivity contribution in [3.8, 4) is 0 Å². The van der Waals surface area contributed by atoms with Gasteiger partial charge in [-0.3, -0.25) is 0 Å². The van der Waals surface area contributed by atoms with Gasteiger partial charge in [-0.2, -0.15) is 0 Å². The maximum atomic E-state index is 10.6. The number of carboxylic acid groups (broad SMARTS) is 1. The molecule has 0 radical (unpaired) electrons. The molecule has 0 unspecified atom stereocenters. The molecule has 5 N–H and O–H groups in total. The van der Waals surface area contributed by atoms with E-state index in [1.54, 1.807) is 18.2 Å². The van der Waals surface area contributed by atoms with Crippen molar-refractivity contribution in [1.82, 2.24) is 0 Å². The van der Waals surface area contributed by atoms with E-state index in [0.717, 1.165) is 11.1 Å². The van der Waals surface area contributed by atoms with Gasteiger partial charge in [-0.25, -0.2) is 4.79 Å². The van der Waals surface area contributed by atoms with Crippen molar-refractivity contribution in [2.75, 3.05) is 6.54 Å². The molecule has 4 nitrogen and oxygen atoms in total. The Labute approximate surface area is 82.5 Å². The lowest BCUT2D eigenvalue weighted by molar-refractivity contribution is 0.0697. The number of aromatic carboxylic acids is 1. The first kappa shape index (κ1) is 10.7. The van der Waals surface area contributed by atoms with Crippen molar-refractivity contribution < 1.29 is 9.90 Å². The van der Waals surface area contributed by atoms with Crippen LogP contribution in [0.25, 0.3) is 0 Å². The summed E-state index contributed by atoms with van der Waals surface area (Å²) in [6, 6.07) is 4.64. The molecular formula is C10H14N2O2. The number of benzene rings is 1. The van der Waals surface area contributed by atoms with Crippen LogP contribution in [0.4, 0.5) is 0 Å². The van der Waals surface area contributed by atoms with Crippen LogP contribution < -0.4 is 11.5 Å². The van der Waals surface area contributed by atoms with Crippen LogP contribution in [0.2, 0.25) is 0 Å². The summed E-state index contributed by atoms with van der Waals surface area (Å²) in [6.07, 6.45) is 0. The highest BCUT2D eigenvalue weighted by atomic mass is 16.4. The number of hydrogen-bond donors (Lipinski definition) is 3. The monoisotopic (exact) mass is 194 g/mol. The molecule has 76 valence electrons. The number of carboxylic acids is 1. The van der Waals surface area contributed by atoms with Crippen LogP contribution >= 0.6 is 0 Å². The Morgan fingerprint density at radius 2 is 2.21 bits per heavy atom. The predicted octanol–water partition coefficient (Wildman–Crippen LogP) is 0.652. The summed E-state index contributed by atoms with van der Waals surface area (Å²) < 4.78 is 0. The summed E-state index contributed by atoms with van der Waals surface area (Å²) in [4.78, 5) is 10.6. The first-order chi connectivity index (χ1) is 6.56. The summed E-state index contributed by atoms with van der Waals surface area (Å²) in [5.41, 5.74) is 13.2. The third-order valence-corrected chi connectivity index (χ3v) is 2.17. The fraction of sp³-hybridized carbons (Fsp3) is 0.300. The molecule has 1 atom stereocenters. The van der Waals surface area contributed by atoms with Gasteiger partial charge in [-0.1, -0.05) is 6.07 Å². The molecule has 1 rings (SSSR count). The van der Waals surface area contributed by atoms with E-state index in [-0.39, 0.29) is 11.6 Å². The lowest BCUT2D eigenvalue weighted by Gasteiger charge is -2.12. The molecule has 0 amide bonds. The summed E-state index contributed by atoms with van der Waals surface area (Å²) >= 11 is 0. The molecule has 0 heterocycles. The normalized spacial score (nSPS) is 12.5. The second-order valence-electron chi connectivity index (χ2n) is 3.22. The van der Waals surface area contributed by atoms with Gasteiger partial charge in [0.15, 0.2) is 0 Å². The topological polar surface area (TPSA) is 89.3 Å². The van der Waals surface area contributed by atoms with Crippen molar-refractivity contribution in [2.45, 2.75) is 13.0 Å². The van der Waals surface area contributed by atoms with E-state index >= 15 is 0 Å². The molecule has 0 bridgehead atoms. The first-order valence-electron chi connectivity index (χ1n) is 4.35. The summed E-state index contributed by atoms with van der Waals surface area (Å²) in [5, 5.41) is 8.74. The number of carbonyl (C=O) groups is 1. The van der Waals surface area contributed by atoms with E-state index in [1.165, 1.54) is 0 Å². The van der Waals surface area contributed by atoms with E-state index in [0.29, 0.717) is 6.54 Å². The highest BCUT2D eigenvalue weighted by Crippen LogP contribution is 2.16. The predicted molar refractivity (Wildman–Crippen MR) is 54.1 cm³/mol. The lowest BCUT2D eigenvalue weighted by atomic mass is 9.99. The molecule has 1 aromatic carbocycles. The molecule has 14 heavy (non-hydrogen) atoms. The Morgan fingerprint density at radius 1 is 1.57 bits per heavy atom. The number of hydrogen-bond acceptors (Lipinski definition) is 3. The van der Waals surface area contributed by atoms with Gasteiger partial charge in [0, 0.05) is 12.6 Å². The van der Waals surface area contributed by atoms with Crippen LogP contribution in [0.3, 0.4) is 0 Å². The highest BCUT2D eigenvalue weighted by molar-refractivity contribution is 5.87. The third-order valence-electron chi connectivity index (χ3n) is 2.17. The summed E-state index contributed by atoms with van der Waals surface area (Å²) in [7, 11) is 0. The summed E-state index contributed by atoms with van der Waals surface area (Å²) in [5.74, 6) is -0.930. The maximum absolute atomic E-state index is 10.6.